The molecular weight excluding hydrogens is 262 g/mol. The Bertz CT molecular complexity index is 409. The number of benzene rings is 1. The standard InChI is InChI=1S/C15H20ClNS/c1-18-15(8-9-15)10-17-14(11-2-3-11)12-4-6-13(16)7-5-12/h4-7,11,14,17H,2-3,8-10H2,1H3. The van der Waals surface area contributed by atoms with E-state index in [2.05, 4.69) is 23.7 Å². The number of rotatable bonds is 6. The maximum absolute atomic E-state index is 5.97. The molecule has 0 bridgehead atoms. The Kier molecular flexibility index (Phi) is 3.61. The molecule has 2 aliphatic carbocycles. The highest BCUT2D eigenvalue weighted by Gasteiger charge is 2.43. The molecule has 18 heavy (non-hydrogen) atoms. The van der Waals surface area contributed by atoms with Gasteiger partial charge in [0, 0.05) is 22.4 Å². The van der Waals surface area contributed by atoms with Crippen LogP contribution in [-0.4, -0.2) is 17.5 Å². The zero-order valence-corrected chi connectivity index (χ0v) is 12.4. The van der Waals surface area contributed by atoms with E-state index in [-0.39, 0.29) is 0 Å². The maximum Gasteiger partial charge on any atom is 0.0406 e. The third kappa shape index (κ3) is 2.87. The van der Waals surface area contributed by atoms with Crippen molar-refractivity contribution < 1.29 is 0 Å². The van der Waals surface area contributed by atoms with Crippen LogP contribution in [-0.2, 0) is 0 Å². The van der Waals surface area contributed by atoms with Gasteiger partial charge in [0.25, 0.3) is 0 Å². The first-order valence-electron chi connectivity index (χ1n) is 6.76. The molecule has 1 aromatic rings. The molecule has 1 N–H and O–H groups in total. The van der Waals surface area contributed by atoms with Gasteiger partial charge < -0.3 is 5.32 Å². The van der Waals surface area contributed by atoms with Gasteiger partial charge in [0.05, 0.1) is 0 Å². The van der Waals surface area contributed by atoms with E-state index >= 15 is 0 Å². The lowest BCUT2D eigenvalue weighted by atomic mass is 10.0. The molecule has 1 nitrogen and oxygen atoms in total. The third-order valence-corrected chi connectivity index (χ3v) is 5.88. The fourth-order valence-electron chi connectivity index (χ4n) is 2.54. The van der Waals surface area contributed by atoms with Crippen molar-refractivity contribution in [2.75, 3.05) is 12.8 Å². The van der Waals surface area contributed by atoms with Crippen molar-refractivity contribution in [1.82, 2.24) is 5.32 Å². The molecule has 2 aliphatic rings. The lowest BCUT2D eigenvalue weighted by Crippen LogP contribution is -2.31. The molecule has 3 heteroatoms. The number of hydrogen-bond acceptors (Lipinski definition) is 2. The Labute approximate surface area is 119 Å². The second-order valence-electron chi connectivity index (χ2n) is 5.63. The summed E-state index contributed by atoms with van der Waals surface area (Å²) in [6.45, 7) is 1.15. The van der Waals surface area contributed by atoms with Gasteiger partial charge in [-0.25, -0.2) is 0 Å². The average molecular weight is 282 g/mol. The molecule has 0 spiro atoms. The van der Waals surface area contributed by atoms with Crippen molar-refractivity contribution in [3.8, 4) is 0 Å². The van der Waals surface area contributed by atoms with Gasteiger partial charge in [0.2, 0.25) is 0 Å². The van der Waals surface area contributed by atoms with Crippen molar-refractivity contribution >= 4 is 23.4 Å². The highest BCUT2D eigenvalue weighted by Crippen LogP contribution is 2.48. The predicted molar refractivity (Wildman–Crippen MR) is 80.4 cm³/mol. The Balaban J connectivity index is 1.66. The van der Waals surface area contributed by atoms with Crippen LogP contribution in [0.2, 0.25) is 5.02 Å². The molecule has 0 amide bonds. The highest BCUT2D eigenvalue weighted by atomic mass is 35.5. The van der Waals surface area contributed by atoms with Gasteiger partial charge >= 0.3 is 0 Å². The Hall–Kier alpha value is -0.180. The van der Waals surface area contributed by atoms with E-state index in [4.69, 9.17) is 11.6 Å². The number of thioether (sulfide) groups is 1. The van der Waals surface area contributed by atoms with Crippen LogP contribution in [0, 0.1) is 5.92 Å². The zero-order valence-electron chi connectivity index (χ0n) is 10.8. The van der Waals surface area contributed by atoms with Gasteiger partial charge in [-0.05, 0) is 55.6 Å². The van der Waals surface area contributed by atoms with E-state index in [0.717, 1.165) is 17.5 Å². The first kappa shape index (κ1) is 12.8. The van der Waals surface area contributed by atoms with E-state index < -0.39 is 0 Å². The van der Waals surface area contributed by atoms with Crippen molar-refractivity contribution in [2.45, 2.75) is 36.5 Å². The summed E-state index contributed by atoms with van der Waals surface area (Å²) in [5, 5.41) is 4.64. The topological polar surface area (TPSA) is 12.0 Å². The second-order valence-corrected chi connectivity index (χ2v) is 7.35. The molecule has 2 saturated carbocycles. The Morgan fingerprint density at radius 2 is 2.00 bits per heavy atom. The number of halogens is 1. The second kappa shape index (κ2) is 5.07. The zero-order chi connectivity index (χ0) is 12.6. The van der Waals surface area contributed by atoms with E-state index in [1.54, 1.807) is 0 Å². The minimum atomic E-state index is 0.534. The largest absolute Gasteiger partial charge is 0.308 e. The van der Waals surface area contributed by atoms with Crippen LogP contribution >= 0.6 is 23.4 Å². The smallest absolute Gasteiger partial charge is 0.0406 e. The molecule has 98 valence electrons. The van der Waals surface area contributed by atoms with E-state index in [0.29, 0.717) is 10.8 Å². The summed E-state index contributed by atoms with van der Waals surface area (Å²) in [6, 6.07) is 8.91. The van der Waals surface area contributed by atoms with E-state index in [1.807, 2.05) is 23.9 Å². The van der Waals surface area contributed by atoms with Gasteiger partial charge in [-0.3, -0.25) is 0 Å². The maximum atomic E-state index is 5.97. The molecule has 1 atom stereocenters. The quantitative estimate of drug-likeness (QED) is 0.835. The Morgan fingerprint density at radius 3 is 2.50 bits per heavy atom. The highest BCUT2D eigenvalue weighted by molar-refractivity contribution is 8.00. The minimum Gasteiger partial charge on any atom is -0.308 e. The summed E-state index contributed by atoms with van der Waals surface area (Å²) < 4.78 is 0.541. The normalized spacial score (nSPS) is 22.8. The molecule has 0 saturated heterocycles. The summed E-state index contributed by atoms with van der Waals surface area (Å²) in [5.41, 5.74) is 1.40. The summed E-state index contributed by atoms with van der Waals surface area (Å²) in [7, 11) is 0. The van der Waals surface area contributed by atoms with Gasteiger partial charge in [-0.1, -0.05) is 23.7 Å². The predicted octanol–water partition coefficient (Wildman–Crippen LogP) is 4.28. The third-order valence-electron chi connectivity index (χ3n) is 4.21. The SMILES string of the molecule is CSC1(CNC(c2ccc(Cl)cc2)C2CC2)CC1. The average Bonchev–Trinajstić information content (AvgIpc) is 3.27. The van der Waals surface area contributed by atoms with Crippen LogP contribution in [0.5, 0.6) is 0 Å². The molecule has 0 aliphatic heterocycles. The van der Waals surface area contributed by atoms with E-state index in [1.165, 1.54) is 31.2 Å². The first-order valence-corrected chi connectivity index (χ1v) is 8.37. The van der Waals surface area contributed by atoms with Crippen LogP contribution in [0.3, 0.4) is 0 Å². The summed E-state index contributed by atoms with van der Waals surface area (Å²) in [5.74, 6) is 0.837. The van der Waals surface area contributed by atoms with Crippen molar-refractivity contribution in [1.29, 1.82) is 0 Å². The van der Waals surface area contributed by atoms with Gasteiger partial charge in [-0.2, -0.15) is 11.8 Å². The molecule has 2 fully saturated rings. The van der Waals surface area contributed by atoms with Crippen LogP contribution in [0.25, 0.3) is 0 Å². The van der Waals surface area contributed by atoms with Crippen molar-refractivity contribution in [3.05, 3.63) is 34.9 Å². The molecule has 0 radical (unpaired) electrons. The molecule has 1 aromatic carbocycles. The lowest BCUT2D eigenvalue weighted by Gasteiger charge is -2.22. The summed E-state index contributed by atoms with van der Waals surface area (Å²) in [6.07, 6.45) is 7.72. The molecule has 0 aromatic heterocycles. The molecular formula is C15H20ClNS. The van der Waals surface area contributed by atoms with E-state index in [9.17, 15) is 0 Å². The van der Waals surface area contributed by atoms with Crippen LogP contribution in [0.4, 0.5) is 0 Å². The van der Waals surface area contributed by atoms with Crippen molar-refractivity contribution in [3.63, 3.8) is 0 Å². The number of hydrogen-bond donors (Lipinski definition) is 1. The minimum absolute atomic E-state index is 0.534. The van der Waals surface area contributed by atoms with Gasteiger partial charge in [0.15, 0.2) is 0 Å². The lowest BCUT2D eigenvalue weighted by molar-refractivity contribution is 0.477. The Morgan fingerprint density at radius 1 is 1.33 bits per heavy atom. The molecule has 1 unspecified atom stereocenters. The first-order chi connectivity index (χ1) is 8.72. The van der Waals surface area contributed by atoms with Crippen LogP contribution in [0.1, 0.15) is 37.3 Å². The number of nitrogens with one attached hydrogen (secondary N) is 1. The fourth-order valence-corrected chi connectivity index (χ4v) is 3.41. The van der Waals surface area contributed by atoms with Crippen LogP contribution in [0.15, 0.2) is 24.3 Å². The van der Waals surface area contributed by atoms with Crippen molar-refractivity contribution in [2.24, 2.45) is 5.92 Å². The molecule has 3 rings (SSSR count). The van der Waals surface area contributed by atoms with Gasteiger partial charge in [-0.15, -0.1) is 0 Å². The summed E-state index contributed by atoms with van der Waals surface area (Å²) in [4.78, 5) is 0. The molecule has 0 heterocycles. The van der Waals surface area contributed by atoms with Crippen LogP contribution < -0.4 is 5.32 Å². The summed E-state index contributed by atoms with van der Waals surface area (Å²) >= 11 is 8.00. The van der Waals surface area contributed by atoms with Gasteiger partial charge in [0.1, 0.15) is 0 Å². The monoisotopic (exact) mass is 281 g/mol. The fraction of sp³-hybridized carbons (Fsp3) is 0.600.